The minimum absolute atomic E-state index is 0.283. The highest BCUT2D eigenvalue weighted by Crippen LogP contribution is 2.40. The van der Waals surface area contributed by atoms with Crippen molar-refractivity contribution >= 4 is 22.0 Å². The number of alkyl carbamates (subject to hydrolysis) is 1. The second-order valence-electron chi connectivity index (χ2n) is 6.30. The molecule has 0 saturated heterocycles. The molecule has 0 radical (unpaired) electrons. The Morgan fingerprint density at radius 1 is 1.42 bits per heavy atom. The number of nitrogens with one attached hydrogen (secondary N) is 1. The third-order valence-corrected chi connectivity index (χ3v) is 3.80. The van der Waals surface area contributed by atoms with Crippen LogP contribution in [0.2, 0.25) is 0 Å². The summed E-state index contributed by atoms with van der Waals surface area (Å²) in [6, 6.07) is 6.13. The van der Waals surface area contributed by atoms with Crippen molar-refractivity contribution in [3.05, 3.63) is 33.8 Å². The molecule has 0 aromatic heterocycles. The van der Waals surface area contributed by atoms with Crippen LogP contribution in [0.15, 0.2) is 22.7 Å². The van der Waals surface area contributed by atoms with Gasteiger partial charge < -0.3 is 10.1 Å². The number of ether oxygens (including phenoxy) is 1. The van der Waals surface area contributed by atoms with Crippen molar-refractivity contribution in [2.45, 2.75) is 51.7 Å². The summed E-state index contributed by atoms with van der Waals surface area (Å²) in [5, 5.41) is 2.84. The summed E-state index contributed by atoms with van der Waals surface area (Å²) in [7, 11) is 0. The van der Waals surface area contributed by atoms with E-state index in [1.165, 1.54) is 5.56 Å². The third-order valence-electron chi connectivity index (χ3n) is 3.30. The van der Waals surface area contributed by atoms with Crippen LogP contribution in [0.3, 0.4) is 0 Å². The predicted octanol–water partition coefficient (Wildman–Crippen LogP) is 4.14. The fourth-order valence-electron chi connectivity index (χ4n) is 2.44. The SMILES string of the molecule is CC(C)(C)NC(=O)OC1(C)CCc2cc(Br)ccc21. The van der Waals surface area contributed by atoms with Crippen LogP contribution in [0.25, 0.3) is 0 Å². The molecule has 1 aliphatic carbocycles. The lowest BCUT2D eigenvalue weighted by Gasteiger charge is -2.29. The number of carbonyl (C=O) groups excluding carboxylic acids is 1. The number of hydrogen-bond donors (Lipinski definition) is 1. The van der Waals surface area contributed by atoms with Crippen LogP contribution in [0.5, 0.6) is 0 Å². The van der Waals surface area contributed by atoms with Gasteiger partial charge in [-0.2, -0.15) is 0 Å². The first-order valence-electron chi connectivity index (χ1n) is 6.50. The summed E-state index contributed by atoms with van der Waals surface area (Å²) in [6.45, 7) is 7.80. The van der Waals surface area contributed by atoms with E-state index in [2.05, 4.69) is 27.3 Å². The molecular weight excluding hydrogens is 306 g/mol. The molecule has 4 heteroatoms. The Bertz CT molecular complexity index is 507. The number of halogens is 1. The molecule has 1 amide bonds. The smallest absolute Gasteiger partial charge is 0.408 e. The molecule has 0 bridgehead atoms. The zero-order valence-corrected chi connectivity index (χ0v) is 13.4. The quantitative estimate of drug-likeness (QED) is 0.842. The minimum atomic E-state index is -0.522. The maximum absolute atomic E-state index is 12.0. The summed E-state index contributed by atoms with van der Waals surface area (Å²) >= 11 is 3.47. The van der Waals surface area contributed by atoms with Crippen LogP contribution < -0.4 is 5.32 Å². The highest BCUT2D eigenvalue weighted by Gasteiger charge is 2.38. The van der Waals surface area contributed by atoms with Gasteiger partial charge >= 0.3 is 6.09 Å². The van der Waals surface area contributed by atoms with Gasteiger partial charge in [-0.1, -0.05) is 22.0 Å². The van der Waals surface area contributed by atoms with Gasteiger partial charge in [0.1, 0.15) is 5.60 Å². The second kappa shape index (κ2) is 4.82. The Morgan fingerprint density at radius 2 is 2.11 bits per heavy atom. The van der Waals surface area contributed by atoms with Crippen molar-refractivity contribution < 1.29 is 9.53 Å². The molecule has 19 heavy (non-hydrogen) atoms. The lowest BCUT2D eigenvalue weighted by Crippen LogP contribution is -2.43. The molecule has 1 unspecified atom stereocenters. The number of carbonyl (C=O) groups is 1. The normalized spacial score (nSPS) is 21.9. The first-order valence-corrected chi connectivity index (χ1v) is 7.29. The van der Waals surface area contributed by atoms with Gasteiger partial charge in [0.05, 0.1) is 0 Å². The minimum Gasteiger partial charge on any atom is -0.438 e. The lowest BCUT2D eigenvalue weighted by molar-refractivity contribution is 0.0195. The molecule has 0 fully saturated rings. The van der Waals surface area contributed by atoms with Gasteiger partial charge in [0.2, 0.25) is 0 Å². The molecule has 1 N–H and O–H groups in total. The second-order valence-corrected chi connectivity index (χ2v) is 7.21. The van der Waals surface area contributed by atoms with Crippen LogP contribution in [-0.2, 0) is 16.8 Å². The Morgan fingerprint density at radius 3 is 2.74 bits per heavy atom. The maximum Gasteiger partial charge on any atom is 0.408 e. The van der Waals surface area contributed by atoms with E-state index in [4.69, 9.17) is 4.74 Å². The Kier molecular flexibility index (Phi) is 3.65. The van der Waals surface area contributed by atoms with Gasteiger partial charge in [-0.05, 0) is 63.8 Å². The molecular formula is C15H20BrNO2. The molecule has 2 rings (SSSR count). The van der Waals surface area contributed by atoms with Gasteiger partial charge in [0.25, 0.3) is 0 Å². The first-order chi connectivity index (χ1) is 8.70. The van der Waals surface area contributed by atoms with Crippen molar-refractivity contribution in [1.82, 2.24) is 5.32 Å². The molecule has 104 valence electrons. The Hall–Kier alpha value is -1.03. The predicted molar refractivity (Wildman–Crippen MR) is 79.2 cm³/mol. The van der Waals surface area contributed by atoms with E-state index in [1.54, 1.807) is 0 Å². The highest BCUT2D eigenvalue weighted by atomic mass is 79.9. The number of rotatable bonds is 1. The molecule has 1 atom stereocenters. The fraction of sp³-hybridized carbons (Fsp3) is 0.533. The van der Waals surface area contributed by atoms with E-state index in [0.717, 1.165) is 22.9 Å². The van der Waals surface area contributed by atoms with Gasteiger partial charge in [-0.3, -0.25) is 0 Å². The number of fused-ring (bicyclic) bond motifs is 1. The van der Waals surface area contributed by atoms with Gasteiger partial charge in [0.15, 0.2) is 0 Å². The van der Waals surface area contributed by atoms with Crippen LogP contribution in [0, 0.1) is 0 Å². The van der Waals surface area contributed by atoms with E-state index in [0.29, 0.717) is 0 Å². The van der Waals surface area contributed by atoms with Crippen molar-refractivity contribution in [2.75, 3.05) is 0 Å². The molecule has 3 nitrogen and oxygen atoms in total. The van der Waals surface area contributed by atoms with Crippen molar-refractivity contribution in [2.24, 2.45) is 0 Å². The summed E-state index contributed by atoms with van der Waals surface area (Å²) in [6.07, 6.45) is 1.41. The zero-order chi connectivity index (χ0) is 14.3. The maximum atomic E-state index is 12.0. The molecule has 1 aliphatic rings. The van der Waals surface area contributed by atoms with Crippen molar-refractivity contribution in [3.8, 4) is 0 Å². The molecule has 0 saturated carbocycles. The van der Waals surface area contributed by atoms with Gasteiger partial charge in [-0.15, -0.1) is 0 Å². The summed E-state index contributed by atoms with van der Waals surface area (Å²) < 4.78 is 6.74. The average Bonchev–Trinajstić information content (AvgIpc) is 2.52. The number of hydrogen-bond acceptors (Lipinski definition) is 2. The molecule has 0 spiro atoms. The summed E-state index contributed by atoms with van der Waals surface area (Å²) in [5.74, 6) is 0. The highest BCUT2D eigenvalue weighted by molar-refractivity contribution is 9.10. The monoisotopic (exact) mass is 325 g/mol. The van der Waals surface area contributed by atoms with Crippen LogP contribution >= 0.6 is 15.9 Å². The Labute approximate surface area is 122 Å². The molecule has 1 aromatic rings. The molecule has 1 aromatic carbocycles. The van der Waals surface area contributed by atoms with E-state index in [1.807, 2.05) is 39.8 Å². The van der Waals surface area contributed by atoms with E-state index in [-0.39, 0.29) is 11.6 Å². The molecule has 0 aliphatic heterocycles. The van der Waals surface area contributed by atoms with Crippen molar-refractivity contribution in [1.29, 1.82) is 0 Å². The zero-order valence-electron chi connectivity index (χ0n) is 11.8. The number of benzene rings is 1. The van der Waals surface area contributed by atoms with Crippen LogP contribution in [-0.4, -0.2) is 11.6 Å². The number of aryl methyl sites for hydroxylation is 1. The van der Waals surface area contributed by atoms with Gasteiger partial charge in [0, 0.05) is 10.0 Å². The topological polar surface area (TPSA) is 38.3 Å². The summed E-state index contributed by atoms with van der Waals surface area (Å²) in [5.41, 5.74) is 1.56. The van der Waals surface area contributed by atoms with Crippen LogP contribution in [0.4, 0.5) is 4.79 Å². The Balaban J connectivity index is 2.16. The van der Waals surface area contributed by atoms with E-state index < -0.39 is 5.60 Å². The van der Waals surface area contributed by atoms with E-state index in [9.17, 15) is 4.79 Å². The summed E-state index contributed by atoms with van der Waals surface area (Å²) in [4.78, 5) is 12.0. The number of amides is 1. The average molecular weight is 326 g/mol. The largest absolute Gasteiger partial charge is 0.438 e. The first kappa shape index (κ1) is 14.4. The lowest BCUT2D eigenvalue weighted by atomic mass is 9.98. The van der Waals surface area contributed by atoms with Crippen molar-refractivity contribution in [3.63, 3.8) is 0 Å². The fourth-order valence-corrected chi connectivity index (χ4v) is 2.84. The molecule has 0 heterocycles. The van der Waals surface area contributed by atoms with Crippen LogP contribution in [0.1, 0.15) is 45.2 Å². The van der Waals surface area contributed by atoms with E-state index >= 15 is 0 Å². The standard InChI is InChI=1S/C15H20BrNO2/c1-14(2,3)17-13(18)19-15(4)8-7-10-9-11(16)5-6-12(10)15/h5-6,9H,7-8H2,1-4H3,(H,17,18). The van der Waals surface area contributed by atoms with Gasteiger partial charge in [-0.25, -0.2) is 4.79 Å². The third kappa shape index (κ3) is 3.30.